The van der Waals surface area contributed by atoms with Crippen molar-refractivity contribution < 1.29 is 14.2 Å². The van der Waals surface area contributed by atoms with E-state index in [0.717, 1.165) is 55.4 Å². The minimum absolute atomic E-state index is 0.244. The summed E-state index contributed by atoms with van der Waals surface area (Å²) in [5, 5.41) is 3.47. The summed E-state index contributed by atoms with van der Waals surface area (Å²) >= 11 is 0. The first-order chi connectivity index (χ1) is 12.7. The minimum Gasteiger partial charge on any atom is -0.493 e. The van der Waals surface area contributed by atoms with Gasteiger partial charge in [0.05, 0.1) is 19.8 Å². The second-order valence-corrected chi connectivity index (χ2v) is 6.52. The molecule has 6 heteroatoms. The molecular weight excluding hydrogens is 330 g/mol. The van der Waals surface area contributed by atoms with Gasteiger partial charge in [-0.1, -0.05) is 12.1 Å². The van der Waals surface area contributed by atoms with Crippen molar-refractivity contribution >= 4 is 0 Å². The summed E-state index contributed by atoms with van der Waals surface area (Å²) in [5.74, 6) is 1.47. The van der Waals surface area contributed by atoms with Gasteiger partial charge in [-0.15, -0.1) is 0 Å². The normalized spacial score (nSPS) is 17.8. The molecule has 1 aromatic carbocycles. The molecule has 1 fully saturated rings. The number of benzene rings is 1. The van der Waals surface area contributed by atoms with Crippen molar-refractivity contribution in [2.24, 2.45) is 0 Å². The van der Waals surface area contributed by atoms with E-state index in [0.29, 0.717) is 6.61 Å². The zero-order valence-corrected chi connectivity index (χ0v) is 15.5. The van der Waals surface area contributed by atoms with Crippen LogP contribution in [-0.4, -0.2) is 56.4 Å². The lowest BCUT2D eigenvalue weighted by molar-refractivity contribution is -0.0182. The van der Waals surface area contributed by atoms with Crippen LogP contribution < -0.4 is 14.8 Å². The number of likely N-dealkylation sites (N-methyl/N-ethyl adjacent to an activating group) is 1. The average Bonchev–Trinajstić information content (AvgIpc) is 2.67. The van der Waals surface area contributed by atoms with Crippen LogP contribution in [0.4, 0.5) is 0 Å². The fourth-order valence-corrected chi connectivity index (χ4v) is 2.96. The molecule has 140 valence electrons. The summed E-state index contributed by atoms with van der Waals surface area (Å²) in [6.07, 6.45) is 3.80. The first-order valence-electron chi connectivity index (χ1n) is 8.94. The number of pyridine rings is 1. The van der Waals surface area contributed by atoms with E-state index >= 15 is 0 Å². The lowest BCUT2D eigenvalue weighted by Gasteiger charge is -2.30. The van der Waals surface area contributed by atoms with Gasteiger partial charge in [0.25, 0.3) is 0 Å². The van der Waals surface area contributed by atoms with Gasteiger partial charge in [-0.3, -0.25) is 4.98 Å². The van der Waals surface area contributed by atoms with Gasteiger partial charge in [0.1, 0.15) is 6.61 Å². The Balaban J connectivity index is 1.54. The topological polar surface area (TPSA) is 55.9 Å². The maximum atomic E-state index is 5.94. The Hall–Kier alpha value is -2.15. The van der Waals surface area contributed by atoms with Crippen molar-refractivity contribution in [1.82, 2.24) is 15.2 Å². The van der Waals surface area contributed by atoms with Crippen LogP contribution in [0.1, 0.15) is 11.1 Å². The van der Waals surface area contributed by atoms with E-state index in [9.17, 15) is 0 Å². The summed E-state index contributed by atoms with van der Waals surface area (Å²) in [5.41, 5.74) is 2.17. The SMILES string of the molecule is COc1ccc(CNC[C@H]2CN(C)CCO2)cc1OCc1cccnc1. The standard InChI is InChI=1S/C20H27N3O3/c1-23-8-9-25-18(14-23)13-22-11-16-5-6-19(24-2)20(10-16)26-15-17-4-3-7-21-12-17/h3-7,10,12,18,22H,8-9,11,13-15H2,1-2H3/t18-/m0/s1. The van der Waals surface area contributed by atoms with Crippen LogP contribution in [0.15, 0.2) is 42.7 Å². The summed E-state index contributed by atoms with van der Waals surface area (Å²) in [7, 11) is 3.78. The Morgan fingerprint density at radius 1 is 1.27 bits per heavy atom. The summed E-state index contributed by atoms with van der Waals surface area (Å²) in [6, 6.07) is 9.92. The van der Waals surface area contributed by atoms with Gasteiger partial charge >= 0.3 is 0 Å². The van der Waals surface area contributed by atoms with Crippen molar-refractivity contribution in [2.45, 2.75) is 19.3 Å². The number of aromatic nitrogens is 1. The maximum absolute atomic E-state index is 5.94. The first kappa shape index (κ1) is 18.6. The second kappa shape index (κ2) is 9.52. The van der Waals surface area contributed by atoms with E-state index in [1.54, 1.807) is 19.5 Å². The van der Waals surface area contributed by atoms with Gasteiger partial charge in [-0.05, 0) is 30.8 Å². The molecule has 2 aromatic rings. The highest BCUT2D eigenvalue weighted by molar-refractivity contribution is 5.43. The van der Waals surface area contributed by atoms with E-state index in [-0.39, 0.29) is 6.10 Å². The van der Waals surface area contributed by atoms with Crippen LogP contribution in [0.3, 0.4) is 0 Å². The van der Waals surface area contributed by atoms with Crippen LogP contribution >= 0.6 is 0 Å². The largest absolute Gasteiger partial charge is 0.493 e. The molecule has 1 aliphatic heterocycles. The fraction of sp³-hybridized carbons (Fsp3) is 0.450. The van der Waals surface area contributed by atoms with Gasteiger partial charge in [0, 0.05) is 44.1 Å². The highest BCUT2D eigenvalue weighted by Crippen LogP contribution is 2.28. The number of morpholine rings is 1. The van der Waals surface area contributed by atoms with Crippen LogP contribution in [-0.2, 0) is 17.9 Å². The summed E-state index contributed by atoms with van der Waals surface area (Å²) in [6.45, 7) is 4.84. The van der Waals surface area contributed by atoms with Gasteiger partial charge in [-0.2, -0.15) is 0 Å². The van der Waals surface area contributed by atoms with Gasteiger partial charge in [-0.25, -0.2) is 0 Å². The molecule has 1 aromatic heterocycles. The third-order valence-electron chi connectivity index (χ3n) is 4.39. The molecule has 0 spiro atoms. The molecule has 1 N–H and O–H groups in total. The van der Waals surface area contributed by atoms with Crippen molar-refractivity contribution in [3.8, 4) is 11.5 Å². The fourth-order valence-electron chi connectivity index (χ4n) is 2.96. The average molecular weight is 357 g/mol. The molecule has 1 aliphatic rings. The molecule has 0 radical (unpaired) electrons. The van der Waals surface area contributed by atoms with E-state index in [4.69, 9.17) is 14.2 Å². The van der Waals surface area contributed by atoms with E-state index in [1.807, 2.05) is 24.3 Å². The zero-order valence-electron chi connectivity index (χ0n) is 15.5. The number of rotatable bonds is 8. The molecule has 1 saturated heterocycles. The van der Waals surface area contributed by atoms with E-state index in [1.165, 1.54) is 0 Å². The molecule has 1 atom stereocenters. The summed E-state index contributed by atoms with van der Waals surface area (Å²) < 4.78 is 17.1. The lowest BCUT2D eigenvalue weighted by Crippen LogP contribution is -2.44. The quantitative estimate of drug-likeness (QED) is 0.781. The number of nitrogens with one attached hydrogen (secondary N) is 1. The van der Waals surface area contributed by atoms with Gasteiger partial charge < -0.3 is 24.4 Å². The Bertz CT molecular complexity index is 681. The number of ether oxygens (including phenoxy) is 3. The number of methoxy groups -OCH3 is 1. The number of nitrogens with zero attached hydrogens (tertiary/aromatic N) is 2. The molecular formula is C20H27N3O3. The Morgan fingerprint density at radius 3 is 2.96 bits per heavy atom. The van der Waals surface area contributed by atoms with Crippen LogP contribution in [0, 0.1) is 0 Å². The van der Waals surface area contributed by atoms with E-state index < -0.39 is 0 Å². The molecule has 0 bridgehead atoms. The predicted octanol–water partition coefficient (Wildman–Crippen LogP) is 2.09. The van der Waals surface area contributed by atoms with Crippen LogP contribution in [0.25, 0.3) is 0 Å². The Morgan fingerprint density at radius 2 is 2.19 bits per heavy atom. The molecule has 0 saturated carbocycles. The van der Waals surface area contributed by atoms with Crippen molar-refractivity contribution in [3.05, 3.63) is 53.9 Å². The highest BCUT2D eigenvalue weighted by atomic mass is 16.5. The van der Waals surface area contributed by atoms with Crippen molar-refractivity contribution in [3.63, 3.8) is 0 Å². The number of hydrogen-bond donors (Lipinski definition) is 1. The van der Waals surface area contributed by atoms with E-state index in [2.05, 4.69) is 28.3 Å². The molecule has 26 heavy (non-hydrogen) atoms. The Kier molecular flexibility index (Phi) is 6.82. The molecule has 0 aliphatic carbocycles. The third kappa shape index (κ3) is 5.42. The van der Waals surface area contributed by atoms with Crippen molar-refractivity contribution in [1.29, 1.82) is 0 Å². The predicted molar refractivity (Wildman–Crippen MR) is 101 cm³/mol. The minimum atomic E-state index is 0.244. The van der Waals surface area contributed by atoms with Crippen LogP contribution in [0.2, 0.25) is 0 Å². The molecule has 0 unspecified atom stereocenters. The van der Waals surface area contributed by atoms with Crippen molar-refractivity contribution in [2.75, 3.05) is 40.4 Å². The maximum Gasteiger partial charge on any atom is 0.161 e. The second-order valence-electron chi connectivity index (χ2n) is 6.52. The molecule has 0 amide bonds. The zero-order chi connectivity index (χ0) is 18.2. The van der Waals surface area contributed by atoms with Crippen LogP contribution in [0.5, 0.6) is 11.5 Å². The monoisotopic (exact) mass is 357 g/mol. The number of hydrogen-bond acceptors (Lipinski definition) is 6. The third-order valence-corrected chi connectivity index (χ3v) is 4.39. The molecule has 2 heterocycles. The molecule has 6 nitrogen and oxygen atoms in total. The highest BCUT2D eigenvalue weighted by Gasteiger charge is 2.17. The smallest absolute Gasteiger partial charge is 0.161 e. The summed E-state index contributed by atoms with van der Waals surface area (Å²) in [4.78, 5) is 6.41. The van der Waals surface area contributed by atoms with Gasteiger partial charge in [0.2, 0.25) is 0 Å². The Labute approximate surface area is 155 Å². The first-order valence-corrected chi connectivity index (χ1v) is 8.94. The van der Waals surface area contributed by atoms with Gasteiger partial charge in [0.15, 0.2) is 11.5 Å². The lowest BCUT2D eigenvalue weighted by atomic mass is 10.2. The molecule has 3 rings (SSSR count).